The van der Waals surface area contributed by atoms with Crippen molar-refractivity contribution in [3.63, 3.8) is 0 Å². The first-order valence-corrected chi connectivity index (χ1v) is 8.18. The molecule has 0 aliphatic rings. The molecule has 3 aromatic rings. The third-order valence-corrected chi connectivity index (χ3v) is 4.36. The summed E-state index contributed by atoms with van der Waals surface area (Å²) in [6, 6.07) is 9.69. The van der Waals surface area contributed by atoms with Crippen molar-refractivity contribution in [3.05, 3.63) is 53.9 Å². The summed E-state index contributed by atoms with van der Waals surface area (Å²) in [5.74, 6) is 0.450. The number of nitrogens with zero attached hydrogens (tertiary/aromatic N) is 1. The lowest BCUT2D eigenvalue weighted by Gasteiger charge is -2.09. The van der Waals surface area contributed by atoms with Crippen LogP contribution in [0.25, 0.3) is 16.3 Å². The Morgan fingerprint density at radius 2 is 2.08 bits per heavy atom. The van der Waals surface area contributed by atoms with Crippen molar-refractivity contribution in [1.82, 2.24) is 4.98 Å². The number of carbonyl (C=O) groups is 1. The molecule has 0 unspecified atom stereocenters. The molecule has 0 aliphatic heterocycles. The van der Waals surface area contributed by atoms with Crippen LogP contribution in [0.5, 0.6) is 11.5 Å². The number of para-hydroxylation sites is 1. The quantitative estimate of drug-likeness (QED) is 0.698. The highest BCUT2D eigenvalue weighted by Crippen LogP contribution is 2.31. The Labute approximate surface area is 147 Å². The number of halogens is 1. The molecule has 3 rings (SSSR count). The fourth-order valence-electron chi connectivity index (χ4n) is 2.31. The van der Waals surface area contributed by atoms with Gasteiger partial charge in [-0.25, -0.2) is 9.37 Å². The Kier molecular flexibility index (Phi) is 4.95. The molecule has 7 heteroatoms. The largest absolute Gasteiger partial charge is 0.493 e. The van der Waals surface area contributed by atoms with Gasteiger partial charge in [-0.1, -0.05) is 23.5 Å². The van der Waals surface area contributed by atoms with E-state index in [1.54, 1.807) is 31.4 Å². The van der Waals surface area contributed by atoms with E-state index in [1.807, 2.05) is 6.07 Å². The third-order valence-electron chi connectivity index (χ3n) is 3.43. The average molecular weight is 358 g/mol. The van der Waals surface area contributed by atoms with Gasteiger partial charge in [0.05, 0.1) is 24.4 Å². The SMILES string of the molecule is COc1cccc(/C=C/C(=O)Nc2nc3ccc(F)cc3s2)c1OC. The number of nitrogens with one attached hydrogen (secondary N) is 1. The number of methoxy groups -OCH3 is 2. The first-order chi connectivity index (χ1) is 12.1. The molecule has 1 N–H and O–H groups in total. The Morgan fingerprint density at radius 1 is 1.24 bits per heavy atom. The van der Waals surface area contributed by atoms with Crippen LogP contribution in [-0.2, 0) is 4.79 Å². The maximum absolute atomic E-state index is 13.2. The maximum Gasteiger partial charge on any atom is 0.250 e. The van der Waals surface area contributed by atoms with Crippen molar-refractivity contribution >= 4 is 38.7 Å². The van der Waals surface area contributed by atoms with Gasteiger partial charge < -0.3 is 9.47 Å². The van der Waals surface area contributed by atoms with E-state index in [-0.39, 0.29) is 11.7 Å². The van der Waals surface area contributed by atoms with Crippen LogP contribution in [-0.4, -0.2) is 25.1 Å². The average Bonchev–Trinajstić information content (AvgIpc) is 3.00. The number of hydrogen-bond donors (Lipinski definition) is 1. The highest BCUT2D eigenvalue weighted by Gasteiger charge is 2.09. The summed E-state index contributed by atoms with van der Waals surface area (Å²) in [6.45, 7) is 0. The van der Waals surface area contributed by atoms with Crippen LogP contribution < -0.4 is 14.8 Å². The van der Waals surface area contributed by atoms with Crippen molar-refractivity contribution in [2.24, 2.45) is 0 Å². The van der Waals surface area contributed by atoms with Crippen LogP contribution in [0.3, 0.4) is 0 Å². The summed E-state index contributed by atoms with van der Waals surface area (Å²) in [5, 5.41) is 3.08. The van der Waals surface area contributed by atoms with Gasteiger partial charge >= 0.3 is 0 Å². The smallest absolute Gasteiger partial charge is 0.250 e. The Hall–Kier alpha value is -2.93. The first kappa shape index (κ1) is 16.9. The van der Waals surface area contributed by atoms with E-state index in [2.05, 4.69) is 10.3 Å². The number of ether oxygens (including phenoxy) is 2. The fourth-order valence-corrected chi connectivity index (χ4v) is 3.20. The normalized spacial score (nSPS) is 11.0. The van der Waals surface area contributed by atoms with E-state index in [4.69, 9.17) is 9.47 Å². The number of rotatable bonds is 5. The van der Waals surface area contributed by atoms with E-state index in [0.717, 1.165) is 0 Å². The summed E-state index contributed by atoms with van der Waals surface area (Å²) in [6.07, 6.45) is 3.01. The third kappa shape index (κ3) is 3.77. The van der Waals surface area contributed by atoms with Gasteiger partial charge in [-0.3, -0.25) is 10.1 Å². The van der Waals surface area contributed by atoms with Crippen molar-refractivity contribution in [2.45, 2.75) is 0 Å². The van der Waals surface area contributed by atoms with Crippen LogP contribution in [0, 0.1) is 5.82 Å². The van der Waals surface area contributed by atoms with Crippen molar-refractivity contribution < 1.29 is 18.7 Å². The van der Waals surface area contributed by atoms with E-state index < -0.39 is 0 Å². The van der Waals surface area contributed by atoms with Crippen molar-refractivity contribution in [1.29, 1.82) is 0 Å². The molecule has 0 fully saturated rings. The predicted octanol–water partition coefficient (Wildman–Crippen LogP) is 4.10. The van der Waals surface area contributed by atoms with Crippen LogP contribution in [0.4, 0.5) is 9.52 Å². The molecule has 1 heterocycles. The van der Waals surface area contributed by atoms with Gasteiger partial charge in [0, 0.05) is 11.6 Å². The standard InChI is InChI=1S/C18H15FN2O3S/c1-23-14-5-3-4-11(17(14)24-2)6-9-16(22)21-18-20-13-8-7-12(19)10-15(13)25-18/h3-10H,1-2H3,(H,20,21,22)/b9-6+. The minimum atomic E-state index is -0.343. The highest BCUT2D eigenvalue weighted by atomic mass is 32.1. The lowest BCUT2D eigenvalue weighted by molar-refractivity contribution is -0.111. The van der Waals surface area contributed by atoms with Gasteiger partial charge in [0.25, 0.3) is 0 Å². The first-order valence-electron chi connectivity index (χ1n) is 7.37. The summed E-state index contributed by atoms with van der Waals surface area (Å²) in [4.78, 5) is 16.4. The highest BCUT2D eigenvalue weighted by molar-refractivity contribution is 7.22. The molecule has 1 amide bonds. The number of carbonyl (C=O) groups excluding carboxylic acids is 1. The zero-order valence-electron chi connectivity index (χ0n) is 13.6. The zero-order chi connectivity index (χ0) is 17.8. The van der Waals surface area contributed by atoms with Crippen LogP contribution in [0.15, 0.2) is 42.5 Å². The second-order valence-electron chi connectivity index (χ2n) is 5.04. The molecule has 0 aliphatic carbocycles. The van der Waals surface area contributed by atoms with Gasteiger partial charge in [0.2, 0.25) is 5.91 Å². The number of aromatic nitrogens is 1. The molecule has 0 saturated heterocycles. The molecule has 25 heavy (non-hydrogen) atoms. The molecule has 128 valence electrons. The number of thiazole rings is 1. The monoisotopic (exact) mass is 358 g/mol. The lowest BCUT2D eigenvalue weighted by atomic mass is 10.1. The number of anilines is 1. The molecular weight excluding hydrogens is 343 g/mol. The van der Waals surface area contributed by atoms with E-state index >= 15 is 0 Å². The van der Waals surface area contributed by atoms with Crippen molar-refractivity contribution in [3.8, 4) is 11.5 Å². The van der Waals surface area contributed by atoms with Gasteiger partial charge in [-0.2, -0.15) is 0 Å². The summed E-state index contributed by atoms with van der Waals surface area (Å²) >= 11 is 1.21. The fraction of sp³-hybridized carbons (Fsp3) is 0.111. The minimum absolute atomic E-state index is 0.334. The van der Waals surface area contributed by atoms with Crippen LogP contribution in [0.2, 0.25) is 0 Å². The topological polar surface area (TPSA) is 60.5 Å². The van der Waals surface area contributed by atoms with E-state index in [9.17, 15) is 9.18 Å². The molecule has 0 atom stereocenters. The molecule has 0 bridgehead atoms. The number of benzene rings is 2. The zero-order valence-corrected chi connectivity index (χ0v) is 14.4. The van der Waals surface area contributed by atoms with E-state index in [0.29, 0.717) is 32.4 Å². The van der Waals surface area contributed by atoms with Gasteiger partial charge in [-0.05, 0) is 30.3 Å². The predicted molar refractivity (Wildman–Crippen MR) is 96.8 cm³/mol. The molecule has 0 saturated carbocycles. The summed E-state index contributed by atoms with van der Waals surface area (Å²) in [7, 11) is 3.09. The maximum atomic E-state index is 13.2. The molecule has 5 nitrogen and oxygen atoms in total. The lowest BCUT2D eigenvalue weighted by Crippen LogP contribution is -2.07. The Balaban J connectivity index is 1.76. The molecule has 0 radical (unpaired) electrons. The van der Waals surface area contributed by atoms with Crippen molar-refractivity contribution in [2.75, 3.05) is 19.5 Å². The van der Waals surface area contributed by atoms with Crippen LogP contribution >= 0.6 is 11.3 Å². The number of fused-ring (bicyclic) bond motifs is 1. The summed E-state index contributed by atoms with van der Waals surface area (Å²) < 4.78 is 24.4. The second-order valence-corrected chi connectivity index (χ2v) is 6.07. The molecular formula is C18H15FN2O3S. The minimum Gasteiger partial charge on any atom is -0.493 e. The van der Waals surface area contributed by atoms with Gasteiger partial charge in [-0.15, -0.1) is 0 Å². The van der Waals surface area contributed by atoms with E-state index in [1.165, 1.54) is 36.7 Å². The second kappa shape index (κ2) is 7.31. The Bertz CT molecular complexity index is 953. The number of amides is 1. The summed E-state index contributed by atoms with van der Waals surface area (Å²) in [5.41, 5.74) is 1.35. The van der Waals surface area contributed by atoms with Crippen LogP contribution in [0.1, 0.15) is 5.56 Å². The Morgan fingerprint density at radius 3 is 2.84 bits per heavy atom. The van der Waals surface area contributed by atoms with Gasteiger partial charge in [0.1, 0.15) is 5.82 Å². The number of hydrogen-bond acceptors (Lipinski definition) is 5. The molecule has 0 spiro atoms. The van der Waals surface area contributed by atoms with Gasteiger partial charge in [0.15, 0.2) is 16.6 Å². The molecule has 2 aromatic carbocycles. The molecule has 1 aromatic heterocycles.